The Morgan fingerprint density at radius 3 is 1.19 bits per heavy atom. The zero-order valence-corrected chi connectivity index (χ0v) is 19.2. The van der Waals surface area contributed by atoms with Gasteiger partial charge < -0.3 is 19.3 Å². The second-order valence-corrected chi connectivity index (χ2v) is 7.40. The number of esters is 2. The molecule has 0 aliphatic rings. The maximum Gasteiger partial charge on any atom is 0.341 e. The fourth-order valence-corrected chi connectivity index (χ4v) is 2.87. The van der Waals surface area contributed by atoms with E-state index >= 15 is 0 Å². The molecule has 0 aromatic heterocycles. The third kappa shape index (κ3) is 6.07. The largest absolute Gasteiger partial charge is 0.465 e. The number of Topliss-reactive ketones (excluding diaryl/α,β-unsaturated/α-hetero) is 1. The van der Waals surface area contributed by atoms with E-state index in [0.29, 0.717) is 11.1 Å². The first-order valence-corrected chi connectivity index (χ1v) is 9.87. The van der Waals surface area contributed by atoms with E-state index in [1.54, 1.807) is 24.3 Å². The van der Waals surface area contributed by atoms with Gasteiger partial charge in [-0.15, -0.1) is 0 Å². The second kappa shape index (κ2) is 10.9. The molecule has 0 amide bonds. The third-order valence-electron chi connectivity index (χ3n) is 4.74. The Hall–Kier alpha value is -3.87. The third-order valence-corrected chi connectivity index (χ3v) is 4.74. The number of nitrogens with zero attached hydrogens (tertiary/aromatic N) is 2. The van der Waals surface area contributed by atoms with Gasteiger partial charge in [0.15, 0.2) is 0 Å². The van der Waals surface area contributed by atoms with Gasteiger partial charge in [0.2, 0.25) is 5.78 Å². The lowest BCUT2D eigenvalue weighted by molar-refractivity contribution is -0.138. The van der Waals surface area contributed by atoms with Crippen molar-refractivity contribution in [3.05, 3.63) is 70.8 Å². The van der Waals surface area contributed by atoms with Crippen molar-refractivity contribution in [2.45, 2.75) is 0 Å². The second-order valence-electron chi connectivity index (χ2n) is 7.40. The first-order chi connectivity index (χ1) is 15.2. The Labute approximate surface area is 188 Å². The van der Waals surface area contributed by atoms with Crippen LogP contribution in [-0.2, 0) is 23.9 Å². The summed E-state index contributed by atoms with van der Waals surface area (Å²) in [6.45, 7) is 0. The molecule has 0 saturated carbocycles. The van der Waals surface area contributed by atoms with Crippen molar-refractivity contribution in [3.63, 3.8) is 0 Å². The highest BCUT2D eigenvalue weighted by molar-refractivity contribution is 6.35. The fraction of sp³-hybridized carbons (Fsp3) is 0.240. The highest BCUT2D eigenvalue weighted by Crippen LogP contribution is 2.20. The Bertz CT molecular complexity index is 950. The summed E-state index contributed by atoms with van der Waals surface area (Å²) in [5, 5.41) is 0. The van der Waals surface area contributed by atoms with Crippen molar-refractivity contribution in [2.75, 3.05) is 52.2 Å². The summed E-state index contributed by atoms with van der Waals surface area (Å²) in [4.78, 5) is 41.9. The van der Waals surface area contributed by atoms with Crippen molar-refractivity contribution in [1.82, 2.24) is 0 Å². The molecule has 0 aliphatic heterocycles. The molecule has 2 aromatic rings. The Kier molecular flexibility index (Phi) is 8.35. The predicted octanol–water partition coefficient (Wildman–Crippen LogP) is 3.20. The van der Waals surface area contributed by atoms with Gasteiger partial charge in [-0.1, -0.05) is 24.3 Å². The van der Waals surface area contributed by atoms with Gasteiger partial charge >= 0.3 is 11.9 Å². The van der Waals surface area contributed by atoms with Crippen molar-refractivity contribution >= 4 is 41.2 Å². The maximum absolute atomic E-state index is 13.2. The fourth-order valence-electron chi connectivity index (χ4n) is 2.87. The number of methoxy groups -OCH3 is 2. The summed E-state index contributed by atoms with van der Waals surface area (Å²) in [6.07, 6.45) is 2.80. The lowest BCUT2D eigenvalue weighted by Gasteiger charge is -2.13. The van der Waals surface area contributed by atoms with E-state index < -0.39 is 17.7 Å². The first-order valence-electron chi connectivity index (χ1n) is 9.87. The average molecular weight is 437 g/mol. The molecule has 0 saturated heterocycles. The SMILES string of the molecule is COC(=O)/C(=C\c1ccc(N(C)C)cc1)C(=O)/C(=C\c1ccc(N(C)C)cc1)C(=O)OC. The number of hydrogen-bond donors (Lipinski definition) is 0. The summed E-state index contributed by atoms with van der Waals surface area (Å²) in [5.74, 6) is -2.47. The topological polar surface area (TPSA) is 76.2 Å². The Balaban J connectivity index is 2.51. The average Bonchev–Trinajstić information content (AvgIpc) is 2.80. The molecule has 7 heteroatoms. The molecule has 0 spiro atoms. The molecular weight excluding hydrogens is 408 g/mol. The van der Waals surface area contributed by atoms with Gasteiger partial charge in [-0.05, 0) is 47.5 Å². The predicted molar refractivity (Wildman–Crippen MR) is 127 cm³/mol. The molecule has 7 nitrogen and oxygen atoms in total. The first kappa shape index (κ1) is 24.4. The van der Waals surface area contributed by atoms with Crippen LogP contribution in [0.15, 0.2) is 59.7 Å². The van der Waals surface area contributed by atoms with Gasteiger partial charge in [-0.2, -0.15) is 0 Å². The molecule has 0 unspecified atom stereocenters. The minimum atomic E-state index is -0.843. The number of ether oxygens (including phenoxy) is 2. The van der Waals surface area contributed by atoms with Crippen LogP contribution in [0.4, 0.5) is 11.4 Å². The van der Waals surface area contributed by atoms with Crippen LogP contribution >= 0.6 is 0 Å². The molecule has 2 rings (SSSR count). The van der Waals surface area contributed by atoms with E-state index in [1.807, 2.05) is 62.3 Å². The van der Waals surface area contributed by atoms with E-state index in [0.717, 1.165) is 11.4 Å². The van der Waals surface area contributed by atoms with Crippen LogP contribution in [0.5, 0.6) is 0 Å². The van der Waals surface area contributed by atoms with Gasteiger partial charge in [0, 0.05) is 39.6 Å². The molecule has 168 valence electrons. The normalized spacial score (nSPS) is 11.6. The molecule has 32 heavy (non-hydrogen) atoms. The van der Waals surface area contributed by atoms with Crippen molar-refractivity contribution in [3.8, 4) is 0 Å². The number of rotatable bonds is 8. The van der Waals surface area contributed by atoms with Crippen LogP contribution in [0.3, 0.4) is 0 Å². The van der Waals surface area contributed by atoms with Crippen LogP contribution in [-0.4, -0.2) is 60.1 Å². The minimum Gasteiger partial charge on any atom is -0.465 e. The van der Waals surface area contributed by atoms with Gasteiger partial charge in [-0.3, -0.25) is 4.79 Å². The van der Waals surface area contributed by atoms with Gasteiger partial charge in [0.05, 0.1) is 14.2 Å². The quantitative estimate of drug-likeness (QED) is 0.272. The molecule has 2 aromatic carbocycles. The molecule has 0 bridgehead atoms. The standard InChI is InChI=1S/C25H28N2O5/c1-26(2)19-11-7-17(8-12-19)15-21(24(29)31-5)23(28)22(25(30)32-6)16-18-9-13-20(14-10-18)27(3)4/h7-16H,1-6H3/b21-15-,22-16+. The summed E-state index contributed by atoms with van der Waals surface area (Å²) in [6, 6.07) is 14.5. The minimum absolute atomic E-state index is 0.272. The Morgan fingerprint density at radius 1 is 0.625 bits per heavy atom. The molecule has 0 heterocycles. The van der Waals surface area contributed by atoms with Crippen LogP contribution in [0, 0.1) is 0 Å². The lowest BCUT2D eigenvalue weighted by Crippen LogP contribution is -2.21. The van der Waals surface area contributed by atoms with Crippen LogP contribution in [0.2, 0.25) is 0 Å². The number of hydrogen-bond acceptors (Lipinski definition) is 7. The number of benzene rings is 2. The summed E-state index contributed by atoms with van der Waals surface area (Å²) in [7, 11) is 10.00. The van der Waals surface area contributed by atoms with Crippen molar-refractivity contribution in [2.24, 2.45) is 0 Å². The Morgan fingerprint density at radius 2 is 0.938 bits per heavy atom. The maximum atomic E-state index is 13.2. The molecule has 0 aliphatic carbocycles. The molecule has 0 atom stereocenters. The highest BCUT2D eigenvalue weighted by atomic mass is 16.5. The van der Waals surface area contributed by atoms with E-state index in [1.165, 1.54) is 26.4 Å². The zero-order valence-electron chi connectivity index (χ0n) is 19.2. The van der Waals surface area contributed by atoms with Gasteiger partial charge in [0.25, 0.3) is 0 Å². The van der Waals surface area contributed by atoms with E-state index in [9.17, 15) is 14.4 Å². The van der Waals surface area contributed by atoms with Crippen LogP contribution in [0.25, 0.3) is 12.2 Å². The molecule has 0 fully saturated rings. The summed E-state index contributed by atoms with van der Waals surface area (Å²) < 4.78 is 9.60. The summed E-state index contributed by atoms with van der Waals surface area (Å²) >= 11 is 0. The molecule has 0 radical (unpaired) electrons. The van der Waals surface area contributed by atoms with E-state index in [4.69, 9.17) is 9.47 Å². The number of carbonyl (C=O) groups excluding carboxylic acids is 3. The van der Waals surface area contributed by atoms with Gasteiger partial charge in [-0.25, -0.2) is 9.59 Å². The number of carbonyl (C=O) groups is 3. The van der Waals surface area contributed by atoms with Crippen LogP contribution in [0.1, 0.15) is 11.1 Å². The zero-order chi connectivity index (χ0) is 23.8. The number of anilines is 2. The highest BCUT2D eigenvalue weighted by Gasteiger charge is 2.27. The van der Waals surface area contributed by atoms with E-state index in [-0.39, 0.29) is 11.1 Å². The monoisotopic (exact) mass is 436 g/mol. The van der Waals surface area contributed by atoms with Crippen molar-refractivity contribution in [1.29, 1.82) is 0 Å². The molecular formula is C25H28N2O5. The smallest absolute Gasteiger partial charge is 0.341 e. The van der Waals surface area contributed by atoms with Crippen LogP contribution < -0.4 is 9.80 Å². The molecule has 0 N–H and O–H groups in total. The van der Waals surface area contributed by atoms with Crippen molar-refractivity contribution < 1.29 is 23.9 Å². The summed E-state index contributed by atoms with van der Waals surface area (Å²) in [5.41, 5.74) is 2.61. The lowest BCUT2D eigenvalue weighted by atomic mass is 9.98. The van der Waals surface area contributed by atoms with Gasteiger partial charge in [0.1, 0.15) is 11.1 Å². The number of ketones is 1. The van der Waals surface area contributed by atoms with E-state index in [2.05, 4.69) is 0 Å².